The summed E-state index contributed by atoms with van der Waals surface area (Å²) in [6.45, 7) is 5.33. The van der Waals surface area contributed by atoms with E-state index in [9.17, 15) is 0 Å². The second kappa shape index (κ2) is 5.95. The van der Waals surface area contributed by atoms with Gasteiger partial charge in [-0.2, -0.15) is 0 Å². The van der Waals surface area contributed by atoms with Gasteiger partial charge in [-0.15, -0.1) is 0 Å². The Labute approximate surface area is 82.0 Å². The van der Waals surface area contributed by atoms with Crippen LogP contribution in [0, 0.1) is 5.92 Å². The first-order chi connectivity index (χ1) is 6.29. The zero-order valence-electron chi connectivity index (χ0n) is 8.92. The van der Waals surface area contributed by atoms with E-state index in [1.54, 1.807) is 5.57 Å². The normalized spacial score (nSPS) is 18.2. The molecule has 0 heterocycles. The Morgan fingerprint density at radius 1 is 1.46 bits per heavy atom. The van der Waals surface area contributed by atoms with E-state index >= 15 is 0 Å². The van der Waals surface area contributed by atoms with Crippen LogP contribution in [0.2, 0.25) is 0 Å². The molecule has 0 aromatic carbocycles. The first-order valence-electron chi connectivity index (χ1n) is 5.47. The van der Waals surface area contributed by atoms with Gasteiger partial charge in [0.25, 0.3) is 0 Å². The summed E-state index contributed by atoms with van der Waals surface area (Å²) in [6, 6.07) is 0. The maximum Gasteiger partial charge on any atom is 0.0422 e. The summed E-state index contributed by atoms with van der Waals surface area (Å²) in [5, 5.41) is 0. The van der Waals surface area contributed by atoms with Crippen molar-refractivity contribution in [3.05, 3.63) is 11.6 Å². The Bertz CT molecular complexity index is 189. The molecule has 0 unspecified atom stereocenters. The highest BCUT2D eigenvalue weighted by molar-refractivity contribution is 5.59. The molecule has 0 aromatic rings. The van der Waals surface area contributed by atoms with Crippen LogP contribution in [0.25, 0.3) is 0 Å². The van der Waals surface area contributed by atoms with Crippen molar-refractivity contribution in [2.45, 2.75) is 46.0 Å². The lowest BCUT2D eigenvalue weighted by Gasteiger charge is -2.10. The summed E-state index contributed by atoms with van der Waals surface area (Å²) in [5.41, 5.74) is 1.63. The lowest BCUT2D eigenvalue weighted by Crippen LogP contribution is -1.95. The van der Waals surface area contributed by atoms with Crippen LogP contribution in [0.4, 0.5) is 0 Å². The summed E-state index contributed by atoms with van der Waals surface area (Å²) < 4.78 is 0. The molecule has 1 aliphatic carbocycles. The van der Waals surface area contributed by atoms with Crippen LogP contribution in [0.1, 0.15) is 46.0 Å². The molecule has 1 rings (SSSR count). The summed E-state index contributed by atoms with van der Waals surface area (Å²) in [7, 11) is 0. The average Bonchev–Trinajstić information content (AvgIpc) is 2.14. The van der Waals surface area contributed by atoms with Crippen molar-refractivity contribution < 1.29 is 0 Å². The summed E-state index contributed by atoms with van der Waals surface area (Å²) in [4.78, 5) is 4.40. The van der Waals surface area contributed by atoms with Gasteiger partial charge < -0.3 is 0 Å². The number of nitrogens with zero attached hydrogens (tertiary/aromatic N) is 1. The molecule has 0 aliphatic heterocycles. The summed E-state index contributed by atoms with van der Waals surface area (Å²) in [6.07, 6.45) is 11.0. The van der Waals surface area contributed by atoms with Gasteiger partial charge in [0.15, 0.2) is 0 Å². The van der Waals surface area contributed by atoms with E-state index in [0.29, 0.717) is 5.92 Å². The second-order valence-corrected chi connectivity index (χ2v) is 4.16. The topological polar surface area (TPSA) is 12.4 Å². The van der Waals surface area contributed by atoms with Gasteiger partial charge in [-0.1, -0.05) is 25.5 Å². The standard InChI is InChI=1S/C12H21N/c1-11(2)10-13-9-8-12-6-4-3-5-7-12/h6,10-11H,3-5,7-9H2,1-2H3. The molecule has 0 aromatic heterocycles. The molecule has 1 aliphatic rings. The minimum Gasteiger partial charge on any atom is -0.297 e. The van der Waals surface area contributed by atoms with Crippen molar-refractivity contribution in [2.24, 2.45) is 10.9 Å². The van der Waals surface area contributed by atoms with Crippen LogP contribution < -0.4 is 0 Å². The number of hydrogen-bond donors (Lipinski definition) is 0. The first-order valence-corrected chi connectivity index (χ1v) is 5.47. The van der Waals surface area contributed by atoms with Crippen molar-refractivity contribution in [1.29, 1.82) is 0 Å². The quantitative estimate of drug-likeness (QED) is 0.462. The zero-order valence-corrected chi connectivity index (χ0v) is 8.92. The highest BCUT2D eigenvalue weighted by Crippen LogP contribution is 2.19. The summed E-state index contributed by atoms with van der Waals surface area (Å²) >= 11 is 0. The predicted molar refractivity (Wildman–Crippen MR) is 59.4 cm³/mol. The molecule has 0 bridgehead atoms. The second-order valence-electron chi connectivity index (χ2n) is 4.16. The molecule has 1 nitrogen and oxygen atoms in total. The van der Waals surface area contributed by atoms with E-state index in [1.165, 1.54) is 32.1 Å². The van der Waals surface area contributed by atoms with Crippen LogP contribution >= 0.6 is 0 Å². The molecule has 0 saturated heterocycles. The van der Waals surface area contributed by atoms with Crippen LogP contribution in [0.3, 0.4) is 0 Å². The van der Waals surface area contributed by atoms with E-state index in [0.717, 1.165) is 6.54 Å². The van der Waals surface area contributed by atoms with E-state index < -0.39 is 0 Å². The van der Waals surface area contributed by atoms with E-state index in [4.69, 9.17) is 0 Å². The van der Waals surface area contributed by atoms with Gasteiger partial charge in [0.1, 0.15) is 0 Å². The third-order valence-electron chi connectivity index (χ3n) is 2.35. The average molecular weight is 179 g/mol. The van der Waals surface area contributed by atoms with Crippen molar-refractivity contribution in [3.63, 3.8) is 0 Å². The van der Waals surface area contributed by atoms with Crippen molar-refractivity contribution in [2.75, 3.05) is 6.54 Å². The Morgan fingerprint density at radius 3 is 2.92 bits per heavy atom. The minimum absolute atomic E-state index is 0.598. The molecule has 13 heavy (non-hydrogen) atoms. The van der Waals surface area contributed by atoms with Crippen LogP contribution in [0.5, 0.6) is 0 Å². The minimum atomic E-state index is 0.598. The van der Waals surface area contributed by atoms with Gasteiger partial charge in [0.05, 0.1) is 0 Å². The Balaban J connectivity index is 2.14. The van der Waals surface area contributed by atoms with Crippen molar-refractivity contribution in [1.82, 2.24) is 0 Å². The summed E-state index contributed by atoms with van der Waals surface area (Å²) in [5.74, 6) is 0.598. The lowest BCUT2D eigenvalue weighted by molar-refractivity contribution is 0.676. The lowest BCUT2D eigenvalue weighted by atomic mass is 9.97. The van der Waals surface area contributed by atoms with E-state index in [2.05, 4.69) is 31.1 Å². The fourth-order valence-electron chi connectivity index (χ4n) is 1.63. The Morgan fingerprint density at radius 2 is 2.31 bits per heavy atom. The zero-order chi connectivity index (χ0) is 9.52. The monoisotopic (exact) mass is 179 g/mol. The van der Waals surface area contributed by atoms with Gasteiger partial charge in [0.2, 0.25) is 0 Å². The van der Waals surface area contributed by atoms with Crippen molar-refractivity contribution in [3.8, 4) is 0 Å². The first kappa shape index (κ1) is 10.5. The molecular weight excluding hydrogens is 158 g/mol. The molecule has 0 fully saturated rings. The predicted octanol–water partition coefficient (Wildman–Crippen LogP) is 3.60. The highest BCUT2D eigenvalue weighted by atomic mass is 14.7. The van der Waals surface area contributed by atoms with Crippen molar-refractivity contribution >= 4 is 6.21 Å². The molecule has 0 saturated carbocycles. The fourth-order valence-corrected chi connectivity index (χ4v) is 1.63. The number of aliphatic imine (C=N–C) groups is 1. The van der Waals surface area contributed by atoms with Crippen LogP contribution in [-0.2, 0) is 0 Å². The van der Waals surface area contributed by atoms with E-state index in [1.807, 2.05) is 0 Å². The molecule has 0 amide bonds. The highest BCUT2D eigenvalue weighted by Gasteiger charge is 2.01. The fraction of sp³-hybridized carbons (Fsp3) is 0.750. The number of hydrogen-bond acceptors (Lipinski definition) is 1. The Hall–Kier alpha value is -0.590. The smallest absolute Gasteiger partial charge is 0.0422 e. The maximum atomic E-state index is 4.40. The Kier molecular flexibility index (Phi) is 4.81. The molecular formula is C12H21N. The van der Waals surface area contributed by atoms with Crippen LogP contribution in [0.15, 0.2) is 16.6 Å². The van der Waals surface area contributed by atoms with E-state index in [-0.39, 0.29) is 0 Å². The van der Waals surface area contributed by atoms with Gasteiger partial charge in [-0.3, -0.25) is 4.99 Å². The third kappa shape index (κ3) is 4.87. The number of allylic oxidation sites excluding steroid dienone is 1. The molecule has 0 atom stereocenters. The maximum absolute atomic E-state index is 4.40. The largest absolute Gasteiger partial charge is 0.297 e. The van der Waals surface area contributed by atoms with Crippen LogP contribution in [-0.4, -0.2) is 12.8 Å². The molecule has 74 valence electrons. The number of rotatable bonds is 4. The van der Waals surface area contributed by atoms with Gasteiger partial charge in [-0.25, -0.2) is 0 Å². The molecule has 0 spiro atoms. The SMILES string of the molecule is CC(C)C=NCCC1=CCCCC1. The van der Waals surface area contributed by atoms with Gasteiger partial charge >= 0.3 is 0 Å². The molecule has 0 radical (unpaired) electrons. The third-order valence-corrected chi connectivity index (χ3v) is 2.35. The molecule has 1 heteroatoms. The molecule has 0 N–H and O–H groups in total. The van der Waals surface area contributed by atoms with Gasteiger partial charge in [-0.05, 0) is 38.0 Å². The van der Waals surface area contributed by atoms with Gasteiger partial charge in [0, 0.05) is 12.8 Å².